The Morgan fingerprint density at radius 2 is 1.58 bits per heavy atom. The number of nitrogens with zero attached hydrogens (tertiary/aromatic N) is 2. The van der Waals surface area contributed by atoms with Gasteiger partial charge in [0.15, 0.2) is 5.78 Å². The van der Waals surface area contributed by atoms with Crippen molar-refractivity contribution in [2.45, 2.75) is 63.5 Å². The molecule has 2 aromatic carbocycles. The molecule has 1 aliphatic carbocycles. The van der Waals surface area contributed by atoms with Crippen molar-refractivity contribution in [1.82, 2.24) is 15.1 Å². The summed E-state index contributed by atoms with van der Waals surface area (Å²) in [7, 11) is 0. The van der Waals surface area contributed by atoms with Crippen LogP contribution in [0.25, 0.3) is 0 Å². The topological polar surface area (TPSA) is 61.9 Å². The molecular weight excluding hydrogens is 481 g/mol. The SMILES string of the molecule is O=C(c1ccc(F)cc1)C1CCN(CC[C@H]2CC[C@H](NC(=O)N3CCC(Oc4ccccc4)C3)CC2)CC1. The van der Waals surface area contributed by atoms with Crippen LogP contribution in [0.1, 0.15) is 61.7 Å². The van der Waals surface area contributed by atoms with E-state index in [1.165, 1.54) is 18.6 Å². The number of ketones is 1. The number of likely N-dealkylation sites (tertiary alicyclic amines) is 2. The number of para-hydroxylation sites is 1. The highest BCUT2D eigenvalue weighted by molar-refractivity contribution is 5.97. The molecule has 5 rings (SSSR count). The van der Waals surface area contributed by atoms with Crippen molar-refractivity contribution in [3.8, 4) is 5.75 Å². The van der Waals surface area contributed by atoms with Gasteiger partial charge in [-0.05, 0) is 107 Å². The zero-order chi connectivity index (χ0) is 26.3. The van der Waals surface area contributed by atoms with Crippen LogP contribution in [-0.2, 0) is 0 Å². The number of benzene rings is 2. The first-order valence-corrected chi connectivity index (χ1v) is 14.3. The Balaban J connectivity index is 0.959. The smallest absolute Gasteiger partial charge is 0.317 e. The molecule has 1 unspecified atom stereocenters. The number of rotatable bonds is 8. The van der Waals surface area contributed by atoms with Gasteiger partial charge in [0.05, 0.1) is 6.54 Å². The van der Waals surface area contributed by atoms with Crippen LogP contribution in [0.15, 0.2) is 54.6 Å². The lowest BCUT2D eigenvalue weighted by Crippen LogP contribution is -2.45. The molecule has 2 heterocycles. The van der Waals surface area contributed by atoms with Crippen molar-refractivity contribution in [2.75, 3.05) is 32.7 Å². The number of carbonyl (C=O) groups is 2. The van der Waals surface area contributed by atoms with Crippen LogP contribution in [0.2, 0.25) is 0 Å². The van der Waals surface area contributed by atoms with Gasteiger partial charge in [0, 0.05) is 30.5 Å². The molecule has 2 aromatic rings. The lowest BCUT2D eigenvalue weighted by molar-refractivity contribution is 0.0832. The van der Waals surface area contributed by atoms with Crippen molar-refractivity contribution in [2.24, 2.45) is 11.8 Å². The Bertz CT molecular complexity index is 1050. The van der Waals surface area contributed by atoms with Crippen LogP contribution in [0.4, 0.5) is 9.18 Å². The fourth-order valence-electron chi connectivity index (χ4n) is 6.20. The van der Waals surface area contributed by atoms with E-state index in [4.69, 9.17) is 4.74 Å². The van der Waals surface area contributed by atoms with E-state index in [-0.39, 0.29) is 35.7 Å². The fraction of sp³-hybridized carbons (Fsp3) is 0.548. The maximum absolute atomic E-state index is 13.2. The summed E-state index contributed by atoms with van der Waals surface area (Å²) in [5.74, 6) is 1.46. The van der Waals surface area contributed by atoms with Crippen LogP contribution >= 0.6 is 0 Å². The minimum atomic E-state index is -0.304. The van der Waals surface area contributed by atoms with E-state index in [0.717, 1.165) is 76.9 Å². The Labute approximate surface area is 225 Å². The highest BCUT2D eigenvalue weighted by Crippen LogP contribution is 2.29. The molecule has 0 spiro atoms. The van der Waals surface area contributed by atoms with Gasteiger partial charge in [-0.2, -0.15) is 0 Å². The van der Waals surface area contributed by atoms with Gasteiger partial charge >= 0.3 is 6.03 Å². The summed E-state index contributed by atoms with van der Waals surface area (Å²) in [6.07, 6.45) is 8.27. The molecule has 3 aliphatic rings. The quantitative estimate of drug-likeness (QED) is 0.464. The largest absolute Gasteiger partial charge is 0.489 e. The molecule has 2 saturated heterocycles. The molecular formula is C31H40FN3O3. The predicted molar refractivity (Wildman–Crippen MR) is 146 cm³/mol. The highest BCUT2D eigenvalue weighted by atomic mass is 19.1. The van der Waals surface area contributed by atoms with Crippen LogP contribution in [-0.4, -0.2) is 66.5 Å². The van der Waals surface area contributed by atoms with Gasteiger partial charge in [-0.15, -0.1) is 0 Å². The summed E-state index contributed by atoms with van der Waals surface area (Å²) in [5, 5.41) is 3.27. The van der Waals surface area contributed by atoms with Crippen molar-refractivity contribution < 1.29 is 18.7 Å². The molecule has 3 fully saturated rings. The summed E-state index contributed by atoms with van der Waals surface area (Å²) >= 11 is 0. The predicted octanol–water partition coefficient (Wildman–Crippen LogP) is 5.53. The Kier molecular flexibility index (Phi) is 8.94. The average Bonchev–Trinajstić information content (AvgIpc) is 3.42. The van der Waals surface area contributed by atoms with E-state index in [1.54, 1.807) is 12.1 Å². The summed E-state index contributed by atoms with van der Waals surface area (Å²) in [6, 6.07) is 16.1. The molecule has 38 heavy (non-hydrogen) atoms. The van der Waals surface area contributed by atoms with Crippen LogP contribution in [0, 0.1) is 17.7 Å². The standard InChI is InChI=1S/C31H40FN3O3/c32-26-10-8-24(9-11-26)30(36)25-15-19-34(20-16-25)18-14-23-6-12-27(13-7-23)33-31(37)35-21-17-29(22-35)38-28-4-2-1-3-5-28/h1-5,8-11,23,25,27,29H,6-7,12-22H2,(H,33,37)/t23-,27-,29?. The number of ether oxygens (including phenoxy) is 1. The van der Waals surface area contributed by atoms with Crippen molar-refractivity contribution >= 4 is 11.8 Å². The second-order valence-electron chi connectivity index (χ2n) is 11.2. The first kappa shape index (κ1) is 26.7. The number of Topliss-reactive ketones (excluding diaryl/α,β-unsaturated/α-hetero) is 1. The third-order valence-electron chi connectivity index (χ3n) is 8.59. The third-order valence-corrected chi connectivity index (χ3v) is 8.59. The molecule has 1 saturated carbocycles. The number of hydrogen-bond donors (Lipinski definition) is 1. The third kappa shape index (κ3) is 7.13. The number of carbonyl (C=O) groups excluding carboxylic acids is 2. The average molecular weight is 522 g/mol. The molecule has 2 aliphatic heterocycles. The van der Waals surface area contributed by atoms with Gasteiger partial charge in [-0.25, -0.2) is 9.18 Å². The van der Waals surface area contributed by atoms with Gasteiger partial charge in [0.2, 0.25) is 0 Å². The summed E-state index contributed by atoms with van der Waals surface area (Å²) in [4.78, 5) is 29.9. The van der Waals surface area contributed by atoms with E-state index >= 15 is 0 Å². The second-order valence-corrected chi connectivity index (χ2v) is 11.2. The molecule has 0 radical (unpaired) electrons. The molecule has 6 nitrogen and oxygen atoms in total. The zero-order valence-corrected chi connectivity index (χ0v) is 22.2. The van der Waals surface area contributed by atoms with Gasteiger partial charge in [-0.1, -0.05) is 18.2 Å². The monoisotopic (exact) mass is 521 g/mol. The molecule has 2 amide bonds. The van der Waals surface area contributed by atoms with Gasteiger partial charge in [-0.3, -0.25) is 4.79 Å². The summed E-state index contributed by atoms with van der Waals surface area (Å²) < 4.78 is 19.2. The van der Waals surface area contributed by atoms with Crippen molar-refractivity contribution in [3.05, 3.63) is 66.0 Å². The minimum Gasteiger partial charge on any atom is -0.489 e. The lowest BCUT2D eigenvalue weighted by Gasteiger charge is -2.34. The first-order valence-electron chi connectivity index (χ1n) is 14.3. The van der Waals surface area contributed by atoms with E-state index < -0.39 is 0 Å². The molecule has 7 heteroatoms. The maximum atomic E-state index is 13.2. The maximum Gasteiger partial charge on any atom is 0.317 e. The number of urea groups is 1. The van der Waals surface area contributed by atoms with E-state index in [2.05, 4.69) is 10.2 Å². The Morgan fingerprint density at radius 3 is 2.29 bits per heavy atom. The molecule has 1 atom stereocenters. The van der Waals surface area contributed by atoms with Crippen LogP contribution in [0.5, 0.6) is 5.75 Å². The van der Waals surface area contributed by atoms with E-state index in [0.29, 0.717) is 18.0 Å². The molecule has 1 N–H and O–H groups in total. The minimum absolute atomic E-state index is 0.0469. The summed E-state index contributed by atoms with van der Waals surface area (Å²) in [5.41, 5.74) is 0.624. The number of halogens is 1. The Hall–Kier alpha value is -2.93. The van der Waals surface area contributed by atoms with Gasteiger partial charge < -0.3 is 19.9 Å². The highest BCUT2D eigenvalue weighted by Gasteiger charge is 2.31. The Morgan fingerprint density at radius 1 is 0.868 bits per heavy atom. The van der Waals surface area contributed by atoms with E-state index in [1.807, 2.05) is 35.2 Å². The number of hydrogen-bond acceptors (Lipinski definition) is 4. The fourth-order valence-corrected chi connectivity index (χ4v) is 6.20. The molecule has 0 aromatic heterocycles. The molecule has 0 bridgehead atoms. The van der Waals surface area contributed by atoms with Gasteiger partial charge in [0.1, 0.15) is 17.7 Å². The van der Waals surface area contributed by atoms with Crippen molar-refractivity contribution in [3.63, 3.8) is 0 Å². The normalized spacial score (nSPS) is 24.8. The van der Waals surface area contributed by atoms with Crippen LogP contribution < -0.4 is 10.1 Å². The summed E-state index contributed by atoms with van der Waals surface area (Å²) in [6.45, 7) is 4.37. The molecule has 204 valence electrons. The number of amides is 2. The van der Waals surface area contributed by atoms with Gasteiger partial charge in [0.25, 0.3) is 0 Å². The van der Waals surface area contributed by atoms with E-state index in [9.17, 15) is 14.0 Å². The second kappa shape index (κ2) is 12.7. The first-order chi connectivity index (χ1) is 18.5. The van der Waals surface area contributed by atoms with Crippen molar-refractivity contribution in [1.29, 1.82) is 0 Å². The number of piperidine rings is 1. The van der Waals surface area contributed by atoms with Crippen LogP contribution in [0.3, 0.4) is 0 Å². The lowest BCUT2D eigenvalue weighted by atomic mass is 9.83. The zero-order valence-electron chi connectivity index (χ0n) is 22.2. The number of nitrogens with one attached hydrogen (secondary N) is 1.